The molecule has 2 N–H and O–H groups in total. The third-order valence-electron chi connectivity index (χ3n) is 4.20. The Kier molecular flexibility index (Phi) is 8.04. The van der Waals surface area contributed by atoms with Crippen LogP contribution in [0.5, 0.6) is 0 Å². The Morgan fingerprint density at radius 2 is 2.10 bits per heavy atom. The van der Waals surface area contributed by atoms with E-state index in [1.807, 2.05) is 11.8 Å². The summed E-state index contributed by atoms with van der Waals surface area (Å²) in [6.45, 7) is 4.56. The molecule has 2 fully saturated rings. The second-order valence-corrected chi connectivity index (χ2v) is 5.99. The molecule has 5 nitrogen and oxygen atoms in total. The van der Waals surface area contributed by atoms with E-state index in [4.69, 9.17) is 0 Å². The zero-order valence-corrected chi connectivity index (χ0v) is 13.7. The van der Waals surface area contributed by atoms with Crippen molar-refractivity contribution >= 4 is 24.2 Å². The van der Waals surface area contributed by atoms with Crippen LogP contribution in [-0.2, 0) is 9.59 Å². The van der Waals surface area contributed by atoms with E-state index in [2.05, 4.69) is 10.6 Å². The molecule has 2 saturated heterocycles. The molecule has 2 rings (SSSR count). The van der Waals surface area contributed by atoms with Gasteiger partial charge in [0, 0.05) is 38.0 Å². The summed E-state index contributed by atoms with van der Waals surface area (Å²) in [5.41, 5.74) is 0. The number of hydrogen-bond donors (Lipinski definition) is 2. The van der Waals surface area contributed by atoms with E-state index in [0.29, 0.717) is 25.4 Å². The van der Waals surface area contributed by atoms with E-state index in [1.54, 1.807) is 0 Å². The molecule has 0 aromatic heterocycles. The average Bonchev–Trinajstić information content (AvgIpc) is 2.92. The Bertz CT molecular complexity index is 346. The van der Waals surface area contributed by atoms with Crippen molar-refractivity contribution < 1.29 is 9.59 Å². The summed E-state index contributed by atoms with van der Waals surface area (Å²) in [4.78, 5) is 25.9. The molecule has 0 spiro atoms. The number of carbonyl (C=O) groups is 2. The number of hydrogen-bond acceptors (Lipinski definition) is 3. The Labute approximate surface area is 133 Å². The first-order valence-corrected chi connectivity index (χ1v) is 7.99. The van der Waals surface area contributed by atoms with E-state index < -0.39 is 0 Å². The van der Waals surface area contributed by atoms with Crippen molar-refractivity contribution in [3.05, 3.63) is 0 Å². The summed E-state index contributed by atoms with van der Waals surface area (Å²) < 4.78 is 0. The van der Waals surface area contributed by atoms with Crippen LogP contribution in [0.2, 0.25) is 0 Å². The summed E-state index contributed by atoms with van der Waals surface area (Å²) in [5, 5.41) is 6.42. The van der Waals surface area contributed by atoms with Crippen LogP contribution in [0.1, 0.15) is 51.9 Å². The lowest BCUT2D eigenvalue weighted by atomic mass is 10.0. The van der Waals surface area contributed by atoms with Gasteiger partial charge in [0.25, 0.3) is 0 Å². The highest BCUT2D eigenvalue weighted by Crippen LogP contribution is 2.15. The molecule has 6 heteroatoms. The molecule has 0 aromatic rings. The molecule has 122 valence electrons. The van der Waals surface area contributed by atoms with Gasteiger partial charge in [0.15, 0.2) is 0 Å². The second kappa shape index (κ2) is 9.26. The van der Waals surface area contributed by atoms with Crippen LogP contribution in [0, 0.1) is 0 Å². The van der Waals surface area contributed by atoms with Gasteiger partial charge >= 0.3 is 0 Å². The molecular formula is C15H28ClN3O2. The van der Waals surface area contributed by atoms with Gasteiger partial charge in [-0.25, -0.2) is 0 Å². The summed E-state index contributed by atoms with van der Waals surface area (Å²) in [6.07, 6.45) is 6.31. The Morgan fingerprint density at radius 1 is 1.29 bits per heavy atom. The van der Waals surface area contributed by atoms with Crippen molar-refractivity contribution in [2.75, 3.05) is 19.6 Å². The molecule has 21 heavy (non-hydrogen) atoms. The van der Waals surface area contributed by atoms with Crippen molar-refractivity contribution in [1.82, 2.24) is 15.5 Å². The number of piperidine rings is 1. The number of likely N-dealkylation sites (tertiary alicyclic amines) is 1. The van der Waals surface area contributed by atoms with E-state index in [-0.39, 0.29) is 30.3 Å². The fourth-order valence-corrected chi connectivity index (χ4v) is 3.12. The van der Waals surface area contributed by atoms with Crippen molar-refractivity contribution in [3.63, 3.8) is 0 Å². The Morgan fingerprint density at radius 3 is 2.76 bits per heavy atom. The Balaban J connectivity index is 0.00000220. The summed E-state index contributed by atoms with van der Waals surface area (Å²) >= 11 is 0. The fraction of sp³-hybridized carbons (Fsp3) is 0.867. The number of amides is 2. The third kappa shape index (κ3) is 5.83. The van der Waals surface area contributed by atoms with Gasteiger partial charge in [-0.1, -0.05) is 6.92 Å². The van der Waals surface area contributed by atoms with Crippen LogP contribution in [0.4, 0.5) is 0 Å². The maximum absolute atomic E-state index is 12.3. The van der Waals surface area contributed by atoms with Crippen LogP contribution in [0.25, 0.3) is 0 Å². The number of nitrogens with zero attached hydrogens (tertiary/aromatic N) is 1. The first kappa shape index (κ1) is 18.2. The molecule has 0 bridgehead atoms. The van der Waals surface area contributed by atoms with Gasteiger partial charge in [-0.2, -0.15) is 0 Å². The Hall–Kier alpha value is -0.810. The number of rotatable bonds is 5. The minimum Gasteiger partial charge on any atom is -0.352 e. The predicted molar refractivity (Wildman–Crippen MR) is 85.5 cm³/mol. The van der Waals surface area contributed by atoms with E-state index in [9.17, 15) is 9.59 Å². The maximum Gasteiger partial charge on any atom is 0.224 e. The van der Waals surface area contributed by atoms with Crippen molar-refractivity contribution in [2.45, 2.75) is 64.0 Å². The smallest absolute Gasteiger partial charge is 0.224 e. The molecule has 0 aliphatic carbocycles. The third-order valence-corrected chi connectivity index (χ3v) is 4.20. The monoisotopic (exact) mass is 317 g/mol. The van der Waals surface area contributed by atoms with Gasteiger partial charge in [0.1, 0.15) is 0 Å². The normalized spacial score (nSPS) is 25.3. The number of halogens is 1. The van der Waals surface area contributed by atoms with E-state index in [1.165, 1.54) is 6.42 Å². The van der Waals surface area contributed by atoms with E-state index in [0.717, 1.165) is 38.8 Å². The van der Waals surface area contributed by atoms with Crippen molar-refractivity contribution in [3.8, 4) is 0 Å². The molecule has 2 aliphatic rings. The molecule has 0 aromatic carbocycles. The first-order chi connectivity index (χ1) is 9.69. The minimum absolute atomic E-state index is 0. The van der Waals surface area contributed by atoms with Gasteiger partial charge < -0.3 is 15.5 Å². The fourth-order valence-electron chi connectivity index (χ4n) is 3.12. The maximum atomic E-state index is 12.3. The molecule has 2 atom stereocenters. The predicted octanol–water partition coefficient (Wildman–Crippen LogP) is 1.46. The quantitative estimate of drug-likeness (QED) is 0.807. The van der Waals surface area contributed by atoms with Crippen LogP contribution >= 0.6 is 12.4 Å². The minimum atomic E-state index is 0. The molecular weight excluding hydrogens is 290 g/mol. The largest absolute Gasteiger partial charge is 0.352 e. The van der Waals surface area contributed by atoms with Gasteiger partial charge in [-0.05, 0) is 38.6 Å². The highest BCUT2D eigenvalue weighted by molar-refractivity contribution is 5.85. The summed E-state index contributed by atoms with van der Waals surface area (Å²) in [7, 11) is 0. The lowest BCUT2D eigenvalue weighted by molar-refractivity contribution is -0.134. The van der Waals surface area contributed by atoms with Gasteiger partial charge in [0.05, 0.1) is 0 Å². The first-order valence-electron chi connectivity index (χ1n) is 7.99. The molecule has 0 radical (unpaired) electrons. The molecule has 2 aliphatic heterocycles. The SMILES string of the molecule is CCCC(=O)NC1CCCN(C(=O)CC2CCCN2)C1.Cl. The summed E-state index contributed by atoms with van der Waals surface area (Å²) in [6, 6.07) is 0.501. The highest BCUT2D eigenvalue weighted by Gasteiger charge is 2.27. The zero-order chi connectivity index (χ0) is 14.4. The lowest BCUT2D eigenvalue weighted by Crippen LogP contribution is -2.50. The van der Waals surface area contributed by atoms with Crippen LogP contribution in [0.3, 0.4) is 0 Å². The lowest BCUT2D eigenvalue weighted by Gasteiger charge is -2.33. The standard InChI is InChI=1S/C15H27N3O2.ClH/c1-2-5-14(19)17-13-7-4-9-18(11-13)15(20)10-12-6-3-8-16-12;/h12-13,16H,2-11H2,1H3,(H,17,19);1H. The van der Waals surface area contributed by atoms with Crippen molar-refractivity contribution in [2.24, 2.45) is 0 Å². The second-order valence-electron chi connectivity index (χ2n) is 5.99. The number of nitrogens with one attached hydrogen (secondary N) is 2. The summed E-state index contributed by atoms with van der Waals surface area (Å²) in [5.74, 6) is 0.350. The zero-order valence-electron chi connectivity index (χ0n) is 12.9. The van der Waals surface area contributed by atoms with Gasteiger partial charge in [-0.15, -0.1) is 12.4 Å². The van der Waals surface area contributed by atoms with Crippen LogP contribution in [0.15, 0.2) is 0 Å². The van der Waals surface area contributed by atoms with Gasteiger partial charge in [-0.3, -0.25) is 9.59 Å². The number of carbonyl (C=O) groups excluding carboxylic acids is 2. The highest BCUT2D eigenvalue weighted by atomic mass is 35.5. The molecule has 2 unspecified atom stereocenters. The topological polar surface area (TPSA) is 61.4 Å². The van der Waals surface area contributed by atoms with Crippen LogP contribution < -0.4 is 10.6 Å². The molecule has 2 heterocycles. The van der Waals surface area contributed by atoms with Crippen LogP contribution in [-0.4, -0.2) is 48.4 Å². The van der Waals surface area contributed by atoms with Crippen molar-refractivity contribution in [1.29, 1.82) is 0 Å². The molecule has 2 amide bonds. The van der Waals surface area contributed by atoms with E-state index >= 15 is 0 Å². The average molecular weight is 318 g/mol. The van der Waals surface area contributed by atoms with Gasteiger partial charge in [0.2, 0.25) is 11.8 Å². The molecule has 0 saturated carbocycles.